The minimum absolute atomic E-state index is 0.110. The maximum atomic E-state index is 16.5. The fraction of sp³-hybridized carbons (Fsp3) is 0.290. The number of esters is 1. The number of carbonyl (C=O) groups is 2. The highest BCUT2D eigenvalue weighted by Gasteiger charge is 2.42. The lowest BCUT2D eigenvalue weighted by atomic mass is 9.90. The topological polar surface area (TPSA) is 74.3 Å². The number of aryl methyl sites for hydroxylation is 1. The largest absolute Gasteiger partial charge is 0.497 e. The van der Waals surface area contributed by atoms with Gasteiger partial charge in [-0.1, -0.05) is 24.3 Å². The molecule has 1 heterocycles. The predicted octanol–water partition coefficient (Wildman–Crippen LogP) is 6.46. The van der Waals surface area contributed by atoms with Gasteiger partial charge in [0.05, 0.1) is 39.0 Å². The number of ether oxygens (including phenoxy) is 4. The zero-order valence-electron chi connectivity index (χ0n) is 23.4. The zero-order chi connectivity index (χ0) is 30.6. The average Bonchev–Trinajstić information content (AvgIpc) is 2.97. The predicted molar refractivity (Wildman–Crippen MR) is 146 cm³/mol. The SMILES string of the molecule is COC(=O)C1=COC(c2c(F)c(N(Cc3ccc(OC)cc3)Cc3ccc(OC)cc3)cc(C)c2C(F)(F)F)CC1=O. The van der Waals surface area contributed by atoms with Crippen LogP contribution in [0.3, 0.4) is 0 Å². The van der Waals surface area contributed by atoms with E-state index >= 15 is 4.39 Å². The smallest absolute Gasteiger partial charge is 0.417 e. The molecule has 0 N–H and O–H groups in total. The van der Waals surface area contributed by atoms with E-state index in [1.807, 2.05) is 0 Å². The molecule has 3 aromatic carbocycles. The number of rotatable bonds is 9. The highest BCUT2D eigenvalue weighted by atomic mass is 19.4. The molecule has 1 aliphatic heterocycles. The van der Waals surface area contributed by atoms with Gasteiger partial charge in [0.15, 0.2) is 11.6 Å². The van der Waals surface area contributed by atoms with Crippen molar-refractivity contribution < 1.29 is 46.1 Å². The quantitative estimate of drug-likeness (QED) is 0.162. The van der Waals surface area contributed by atoms with Gasteiger partial charge in [-0.2, -0.15) is 13.2 Å². The molecular weight excluding hydrogens is 558 g/mol. The molecule has 0 aliphatic carbocycles. The fourth-order valence-electron chi connectivity index (χ4n) is 4.82. The highest BCUT2D eigenvalue weighted by Crippen LogP contribution is 2.45. The first-order chi connectivity index (χ1) is 20.0. The van der Waals surface area contributed by atoms with Crippen molar-refractivity contribution in [1.29, 1.82) is 0 Å². The molecule has 0 saturated heterocycles. The van der Waals surface area contributed by atoms with Crippen LogP contribution in [0.5, 0.6) is 11.5 Å². The van der Waals surface area contributed by atoms with Gasteiger partial charge in [0.2, 0.25) is 0 Å². The van der Waals surface area contributed by atoms with Crippen molar-refractivity contribution in [3.63, 3.8) is 0 Å². The Labute approximate surface area is 240 Å². The minimum Gasteiger partial charge on any atom is -0.497 e. The van der Waals surface area contributed by atoms with E-state index in [-0.39, 0.29) is 24.3 Å². The average molecular weight is 588 g/mol. The third-order valence-corrected chi connectivity index (χ3v) is 6.92. The number of hydrogen-bond acceptors (Lipinski definition) is 7. The van der Waals surface area contributed by atoms with Gasteiger partial charge >= 0.3 is 12.1 Å². The Morgan fingerprint density at radius 2 is 1.48 bits per heavy atom. The number of nitrogens with zero attached hydrogens (tertiary/aromatic N) is 1. The van der Waals surface area contributed by atoms with Crippen LogP contribution in [-0.4, -0.2) is 33.1 Å². The van der Waals surface area contributed by atoms with Crippen molar-refractivity contribution in [2.24, 2.45) is 0 Å². The molecule has 222 valence electrons. The molecular formula is C31H29F4NO6. The number of benzene rings is 3. The molecule has 0 bridgehead atoms. The molecule has 11 heteroatoms. The summed E-state index contributed by atoms with van der Waals surface area (Å²) in [4.78, 5) is 26.1. The molecule has 1 atom stereocenters. The lowest BCUT2D eigenvalue weighted by Crippen LogP contribution is -2.28. The number of Topliss-reactive ketones (excluding diaryl/α,β-unsaturated/α-hetero) is 1. The van der Waals surface area contributed by atoms with E-state index in [0.717, 1.165) is 30.6 Å². The van der Waals surface area contributed by atoms with E-state index in [1.165, 1.54) is 21.1 Å². The monoisotopic (exact) mass is 587 g/mol. The first kappa shape index (κ1) is 30.4. The van der Waals surface area contributed by atoms with Crippen molar-refractivity contribution in [3.8, 4) is 11.5 Å². The summed E-state index contributed by atoms with van der Waals surface area (Å²) in [6.45, 7) is 1.50. The van der Waals surface area contributed by atoms with Crippen LogP contribution in [0.4, 0.5) is 23.2 Å². The molecule has 3 aromatic rings. The Hall–Kier alpha value is -4.54. The van der Waals surface area contributed by atoms with E-state index in [2.05, 4.69) is 4.74 Å². The molecule has 4 rings (SSSR count). The number of ketones is 1. The number of alkyl halides is 3. The van der Waals surface area contributed by atoms with Gasteiger partial charge in [-0.3, -0.25) is 4.79 Å². The molecule has 0 spiro atoms. The maximum absolute atomic E-state index is 16.5. The summed E-state index contributed by atoms with van der Waals surface area (Å²) >= 11 is 0. The van der Waals surface area contributed by atoms with Crippen LogP contribution in [-0.2, 0) is 38.3 Å². The molecule has 1 unspecified atom stereocenters. The maximum Gasteiger partial charge on any atom is 0.417 e. The van der Waals surface area contributed by atoms with Gasteiger partial charge < -0.3 is 23.8 Å². The summed E-state index contributed by atoms with van der Waals surface area (Å²) in [5.41, 5.74) is -1.36. The molecule has 0 fully saturated rings. The van der Waals surface area contributed by atoms with Crippen molar-refractivity contribution in [1.82, 2.24) is 0 Å². The Morgan fingerprint density at radius 3 is 1.90 bits per heavy atom. The molecule has 7 nitrogen and oxygen atoms in total. The second-order valence-corrected chi connectivity index (χ2v) is 9.64. The molecule has 0 saturated carbocycles. The third kappa shape index (κ3) is 6.50. The number of anilines is 1. The van der Waals surface area contributed by atoms with E-state index in [4.69, 9.17) is 14.2 Å². The molecule has 0 radical (unpaired) electrons. The van der Waals surface area contributed by atoms with Crippen LogP contribution < -0.4 is 14.4 Å². The highest BCUT2D eigenvalue weighted by molar-refractivity contribution is 6.17. The number of halogens is 4. The van der Waals surface area contributed by atoms with E-state index in [0.29, 0.717) is 11.5 Å². The van der Waals surface area contributed by atoms with Crippen molar-refractivity contribution in [2.45, 2.75) is 38.7 Å². The summed E-state index contributed by atoms with van der Waals surface area (Å²) in [6, 6.07) is 15.2. The Bertz CT molecular complexity index is 1430. The number of carbonyl (C=O) groups excluding carboxylic acids is 2. The van der Waals surface area contributed by atoms with Crippen LogP contribution in [0, 0.1) is 12.7 Å². The Morgan fingerprint density at radius 1 is 0.952 bits per heavy atom. The molecule has 0 aromatic heterocycles. The number of hydrogen-bond donors (Lipinski definition) is 0. The summed E-state index contributed by atoms with van der Waals surface area (Å²) in [6.07, 6.45) is -6.52. The zero-order valence-corrected chi connectivity index (χ0v) is 23.4. The van der Waals surface area contributed by atoms with Crippen LogP contribution >= 0.6 is 0 Å². The summed E-state index contributed by atoms with van der Waals surface area (Å²) in [5, 5.41) is 0. The van der Waals surface area contributed by atoms with E-state index < -0.39 is 53.0 Å². The lowest BCUT2D eigenvalue weighted by Gasteiger charge is -2.31. The molecule has 0 amide bonds. The van der Waals surface area contributed by atoms with E-state index in [9.17, 15) is 22.8 Å². The third-order valence-electron chi connectivity index (χ3n) is 6.92. The first-order valence-corrected chi connectivity index (χ1v) is 12.8. The standard InChI is InChI=1S/C31H29F4NO6/c1-18-13-24(29(32)27(28(18)31(33,34)35)26-14-25(37)23(17-42-26)30(38)41-4)36(15-19-5-9-21(39-2)10-6-19)16-20-7-11-22(40-3)12-8-20/h5-13,17,26H,14-16H2,1-4H3. The normalized spacial score (nSPS) is 15.0. The molecule has 42 heavy (non-hydrogen) atoms. The lowest BCUT2D eigenvalue weighted by molar-refractivity contribution is -0.142. The first-order valence-electron chi connectivity index (χ1n) is 12.8. The Balaban J connectivity index is 1.84. The second kappa shape index (κ2) is 12.5. The number of methoxy groups -OCH3 is 3. The van der Waals surface area contributed by atoms with Crippen molar-refractivity contribution >= 4 is 17.4 Å². The summed E-state index contributed by atoms with van der Waals surface area (Å²) in [5.74, 6) is -1.77. The van der Waals surface area contributed by atoms with E-state index in [1.54, 1.807) is 53.4 Å². The van der Waals surface area contributed by atoms with Crippen molar-refractivity contribution in [2.75, 3.05) is 26.2 Å². The van der Waals surface area contributed by atoms with Gasteiger partial charge in [-0.05, 0) is 53.9 Å². The van der Waals surface area contributed by atoms with Gasteiger partial charge in [-0.25, -0.2) is 9.18 Å². The van der Waals surface area contributed by atoms with Gasteiger partial charge in [0.1, 0.15) is 29.4 Å². The van der Waals surface area contributed by atoms with Gasteiger partial charge in [0, 0.05) is 18.7 Å². The minimum atomic E-state index is -4.95. The Kier molecular flexibility index (Phi) is 9.08. The second-order valence-electron chi connectivity index (χ2n) is 9.64. The van der Waals surface area contributed by atoms with Crippen LogP contribution in [0.2, 0.25) is 0 Å². The molecule has 1 aliphatic rings. The van der Waals surface area contributed by atoms with Crippen molar-refractivity contribution in [3.05, 3.63) is 100 Å². The summed E-state index contributed by atoms with van der Waals surface area (Å²) in [7, 11) is 4.10. The summed E-state index contributed by atoms with van der Waals surface area (Å²) < 4.78 is 79.8. The van der Waals surface area contributed by atoms with Crippen LogP contribution in [0.15, 0.2) is 66.4 Å². The fourth-order valence-corrected chi connectivity index (χ4v) is 4.82. The van der Waals surface area contributed by atoms with Gasteiger partial charge in [0.25, 0.3) is 0 Å². The van der Waals surface area contributed by atoms with Gasteiger partial charge in [-0.15, -0.1) is 0 Å². The van der Waals surface area contributed by atoms with Crippen LogP contribution in [0.1, 0.15) is 40.3 Å². The van der Waals surface area contributed by atoms with Crippen LogP contribution in [0.25, 0.3) is 0 Å².